The quantitative estimate of drug-likeness (QED) is 0.697. The lowest BCUT2D eigenvalue weighted by Crippen LogP contribution is -2.54. The zero-order valence-corrected chi connectivity index (χ0v) is 10.9. The first-order valence-corrected chi connectivity index (χ1v) is 6.91. The van der Waals surface area contributed by atoms with Crippen molar-refractivity contribution in [2.24, 2.45) is 5.92 Å². The van der Waals surface area contributed by atoms with E-state index >= 15 is 0 Å². The van der Waals surface area contributed by atoms with Crippen LogP contribution < -0.4 is 5.73 Å². The molecule has 2 aliphatic rings. The fourth-order valence-electron chi connectivity index (χ4n) is 3.39. The number of nitrogens with two attached hydrogens (primary N) is 1. The van der Waals surface area contributed by atoms with Crippen LogP contribution in [0.15, 0.2) is 6.20 Å². The minimum absolute atomic E-state index is 0.0844. The predicted octanol–water partition coefficient (Wildman–Crippen LogP) is 0.759. The number of H-pyrrole nitrogens is 1. The molecule has 1 aliphatic heterocycles. The molecule has 0 radical (unpaired) electrons. The van der Waals surface area contributed by atoms with E-state index in [0.29, 0.717) is 30.9 Å². The number of nitrogen functional groups attached to an aromatic ring is 1. The molecule has 1 saturated heterocycles. The van der Waals surface area contributed by atoms with Crippen molar-refractivity contribution >= 4 is 11.7 Å². The number of aromatic amines is 1. The fraction of sp³-hybridized carbons (Fsp3) is 0.692. The highest BCUT2D eigenvalue weighted by Crippen LogP contribution is 2.40. The number of hydrogen-bond donors (Lipinski definition) is 3. The Morgan fingerprint density at radius 2 is 2.37 bits per heavy atom. The number of anilines is 1. The van der Waals surface area contributed by atoms with Crippen LogP contribution >= 0.6 is 0 Å². The van der Waals surface area contributed by atoms with Crippen LogP contribution in [0.4, 0.5) is 5.82 Å². The Balaban J connectivity index is 1.74. The van der Waals surface area contributed by atoms with Crippen molar-refractivity contribution in [2.75, 3.05) is 18.8 Å². The van der Waals surface area contributed by atoms with Gasteiger partial charge in [-0.1, -0.05) is 12.8 Å². The summed E-state index contributed by atoms with van der Waals surface area (Å²) in [7, 11) is 0. The number of hydrogen-bond acceptors (Lipinski definition) is 4. The van der Waals surface area contributed by atoms with Gasteiger partial charge in [-0.25, -0.2) is 0 Å². The second kappa shape index (κ2) is 4.52. The molecule has 1 aromatic rings. The highest BCUT2D eigenvalue weighted by molar-refractivity contribution is 5.98. The molecule has 3 rings (SSSR count). The maximum atomic E-state index is 12.4. The van der Waals surface area contributed by atoms with E-state index in [1.165, 1.54) is 6.20 Å². The highest BCUT2D eigenvalue weighted by Gasteiger charge is 2.44. The molecule has 0 bridgehead atoms. The second-order valence-corrected chi connectivity index (χ2v) is 5.74. The van der Waals surface area contributed by atoms with Crippen LogP contribution in [0.1, 0.15) is 42.5 Å². The molecule has 1 amide bonds. The smallest absolute Gasteiger partial charge is 0.259 e. The predicted molar refractivity (Wildman–Crippen MR) is 70.4 cm³/mol. The zero-order valence-electron chi connectivity index (χ0n) is 10.9. The summed E-state index contributed by atoms with van der Waals surface area (Å²) in [5, 5.41) is 17.0. The number of fused-ring (bicyclic) bond motifs is 1. The number of aromatic nitrogens is 2. The molecule has 0 spiro atoms. The van der Waals surface area contributed by atoms with Gasteiger partial charge >= 0.3 is 0 Å². The maximum absolute atomic E-state index is 12.4. The Kier molecular flexibility index (Phi) is 2.97. The summed E-state index contributed by atoms with van der Waals surface area (Å²) in [5.74, 6) is 0.431. The number of amides is 1. The number of piperidine rings is 1. The van der Waals surface area contributed by atoms with Gasteiger partial charge in [0.1, 0.15) is 11.4 Å². The monoisotopic (exact) mass is 264 g/mol. The van der Waals surface area contributed by atoms with Crippen LogP contribution in [-0.4, -0.2) is 44.8 Å². The minimum atomic E-state index is -0.559. The summed E-state index contributed by atoms with van der Waals surface area (Å²) in [4.78, 5) is 14.2. The largest absolute Gasteiger partial charge is 0.389 e. The average molecular weight is 264 g/mol. The van der Waals surface area contributed by atoms with Gasteiger partial charge in [-0.2, -0.15) is 5.10 Å². The van der Waals surface area contributed by atoms with Gasteiger partial charge in [0.25, 0.3) is 5.91 Å². The normalized spacial score (nSPS) is 31.0. The third-order valence-corrected chi connectivity index (χ3v) is 4.61. The topological polar surface area (TPSA) is 95.2 Å². The van der Waals surface area contributed by atoms with E-state index in [4.69, 9.17) is 5.73 Å². The first-order valence-electron chi connectivity index (χ1n) is 6.91. The van der Waals surface area contributed by atoms with Crippen LogP contribution in [0.5, 0.6) is 0 Å². The molecule has 1 saturated carbocycles. The van der Waals surface area contributed by atoms with E-state index < -0.39 is 5.60 Å². The Hall–Kier alpha value is -1.56. The summed E-state index contributed by atoms with van der Waals surface area (Å²) in [5.41, 5.74) is 5.56. The zero-order chi connectivity index (χ0) is 13.5. The summed E-state index contributed by atoms with van der Waals surface area (Å²) in [6, 6.07) is 0. The molecule has 6 heteroatoms. The Labute approximate surface area is 112 Å². The minimum Gasteiger partial charge on any atom is -0.389 e. The van der Waals surface area contributed by atoms with E-state index in [0.717, 1.165) is 25.7 Å². The van der Waals surface area contributed by atoms with Gasteiger partial charge < -0.3 is 15.7 Å². The van der Waals surface area contributed by atoms with Crippen molar-refractivity contribution in [3.63, 3.8) is 0 Å². The lowest BCUT2D eigenvalue weighted by atomic mass is 9.71. The molecule has 0 aromatic carbocycles. The highest BCUT2D eigenvalue weighted by atomic mass is 16.3. The number of carbonyl (C=O) groups excluding carboxylic acids is 1. The number of aliphatic hydroxyl groups is 1. The molecule has 19 heavy (non-hydrogen) atoms. The third kappa shape index (κ3) is 2.10. The lowest BCUT2D eigenvalue weighted by Gasteiger charge is -2.47. The maximum Gasteiger partial charge on any atom is 0.259 e. The van der Waals surface area contributed by atoms with Crippen LogP contribution in [0, 0.1) is 5.92 Å². The molecule has 1 aliphatic carbocycles. The molecule has 2 unspecified atom stereocenters. The van der Waals surface area contributed by atoms with Gasteiger partial charge in [0.05, 0.1) is 11.8 Å². The molecule has 4 N–H and O–H groups in total. The van der Waals surface area contributed by atoms with Crippen LogP contribution in [-0.2, 0) is 0 Å². The number of likely N-dealkylation sites (tertiary alicyclic amines) is 1. The lowest BCUT2D eigenvalue weighted by molar-refractivity contribution is -0.0886. The van der Waals surface area contributed by atoms with Crippen molar-refractivity contribution in [1.82, 2.24) is 15.1 Å². The Bertz CT molecular complexity index is 487. The number of nitrogens with one attached hydrogen (secondary N) is 1. The Morgan fingerprint density at radius 3 is 3.11 bits per heavy atom. The second-order valence-electron chi connectivity index (χ2n) is 5.74. The van der Waals surface area contributed by atoms with Gasteiger partial charge in [0, 0.05) is 19.0 Å². The summed E-state index contributed by atoms with van der Waals surface area (Å²) >= 11 is 0. The molecule has 1 aromatic heterocycles. The van der Waals surface area contributed by atoms with Crippen molar-refractivity contribution in [1.29, 1.82) is 0 Å². The summed E-state index contributed by atoms with van der Waals surface area (Å²) in [6.07, 6.45) is 6.24. The molecular formula is C13H20N4O2. The van der Waals surface area contributed by atoms with E-state index in [1.54, 1.807) is 4.90 Å². The van der Waals surface area contributed by atoms with Gasteiger partial charge in [0.2, 0.25) is 0 Å². The molecule has 6 nitrogen and oxygen atoms in total. The third-order valence-electron chi connectivity index (χ3n) is 4.61. The number of carbonyl (C=O) groups is 1. The van der Waals surface area contributed by atoms with Gasteiger partial charge in [-0.05, 0) is 19.3 Å². The molecule has 2 heterocycles. The van der Waals surface area contributed by atoms with Gasteiger partial charge in [0.15, 0.2) is 0 Å². The summed E-state index contributed by atoms with van der Waals surface area (Å²) in [6.45, 7) is 1.22. The van der Waals surface area contributed by atoms with E-state index in [1.807, 2.05) is 0 Å². The standard InChI is InChI=1S/C13H20N4O2/c14-11-10(7-15-16-11)12(18)17-6-5-13(19)4-2-1-3-9(13)8-17/h7,9,19H,1-6,8H2,(H3,14,15,16). The summed E-state index contributed by atoms with van der Waals surface area (Å²) < 4.78 is 0. The number of nitrogens with zero attached hydrogens (tertiary/aromatic N) is 2. The SMILES string of the molecule is Nc1[nH]ncc1C(=O)N1CCC2(O)CCCCC2C1. The van der Waals surface area contributed by atoms with Crippen LogP contribution in [0.25, 0.3) is 0 Å². The number of rotatable bonds is 1. The average Bonchev–Trinajstić information content (AvgIpc) is 2.83. The van der Waals surface area contributed by atoms with Gasteiger partial charge in [-0.3, -0.25) is 9.89 Å². The van der Waals surface area contributed by atoms with E-state index in [2.05, 4.69) is 10.2 Å². The van der Waals surface area contributed by atoms with Crippen LogP contribution in [0.3, 0.4) is 0 Å². The molecular weight excluding hydrogens is 244 g/mol. The van der Waals surface area contributed by atoms with E-state index in [9.17, 15) is 9.90 Å². The molecule has 104 valence electrons. The van der Waals surface area contributed by atoms with Crippen molar-refractivity contribution in [3.05, 3.63) is 11.8 Å². The van der Waals surface area contributed by atoms with Crippen LogP contribution in [0.2, 0.25) is 0 Å². The first kappa shape index (κ1) is 12.5. The van der Waals surface area contributed by atoms with Gasteiger partial charge in [-0.15, -0.1) is 0 Å². The molecule has 2 fully saturated rings. The van der Waals surface area contributed by atoms with Crippen molar-refractivity contribution in [3.8, 4) is 0 Å². The van der Waals surface area contributed by atoms with Crippen molar-refractivity contribution in [2.45, 2.75) is 37.7 Å². The van der Waals surface area contributed by atoms with E-state index in [-0.39, 0.29) is 11.8 Å². The Morgan fingerprint density at radius 1 is 1.53 bits per heavy atom. The van der Waals surface area contributed by atoms with Crippen molar-refractivity contribution < 1.29 is 9.90 Å². The first-order chi connectivity index (χ1) is 9.10. The fourth-order valence-corrected chi connectivity index (χ4v) is 3.39. The molecule has 2 atom stereocenters.